The lowest BCUT2D eigenvalue weighted by molar-refractivity contribution is 0.136. The van der Waals surface area contributed by atoms with Crippen LogP contribution in [-0.4, -0.2) is 47.1 Å². The lowest BCUT2D eigenvalue weighted by Crippen LogP contribution is -2.51. The van der Waals surface area contributed by atoms with E-state index in [-0.39, 0.29) is 5.54 Å². The summed E-state index contributed by atoms with van der Waals surface area (Å²) in [5.74, 6) is 1.28. The Bertz CT molecular complexity index is 296. The van der Waals surface area contributed by atoms with Crippen LogP contribution >= 0.6 is 11.8 Å². The Morgan fingerprint density at radius 1 is 1.20 bits per heavy atom. The van der Waals surface area contributed by atoms with Crippen LogP contribution in [0.25, 0.3) is 0 Å². The first-order chi connectivity index (χ1) is 9.05. The molecule has 0 aliphatic carbocycles. The first kappa shape index (κ1) is 18.3. The molecule has 1 fully saturated rings. The lowest BCUT2D eigenvalue weighted by atomic mass is 9.83. The minimum Gasteiger partial charge on any atom is -0.311 e. The van der Waals surface area contributed by atoms with Gasteiger partial charge >= 0.3 is 0 Å². The molecule has 0 saturated carbocycles. The van der Waals surface area contributed by atoms with Gasteiger partial charge in [-0.05, 0) is 46.5 Å². The van der Waals surface area contributed by atoms with Crippen molar-refractivity contribution in [3.05, 3.63) is 0 Å². The second-order valence-electron chi connectivity index (χ2n) is 8.48. The summed E-state index contributed by atoms with van der Waals surface area (Å²) in [5, 5.41) is 3.73. The Kier molecular flexibility index (Phi) is 6.43. The molecule has 1 saturated heterocycles. The SMILES string of the molecule is CCCC(C)(CNC(C)(C)C)CN1CCSC(C)(C)C1. The van der Waals surface area contributed by atoms with Crippen molar-refractivity contribution in [1.29, 1.82) is 0 Å². The summed E-state index contributed by atoms with van der Waals surface area (Å²) in [4.78, 5) is 2.69. The van der Waals surface area contributed by atoms with Crippen LogP contribution in [0.4, 0.5) is 0 Å². The zero-order chi connectivity index (χ0) is 15.4. The van der Waals surface area contributed by atoms with E-state index in [0.717, 1.165) is 6.54 Å². The number of rotatable bonds is 6. The van der Waals surface area contributed by atoms with Crippen LogP contribution in [0.5, 0.6) is 0 Å². The fraction of sp³-hybridized carbons (Fsp3) is 1.00. The average molecular weight is 301 g/mol. The largest absolute Gasteiger partial charge is 0.311 e. The van der Waals surface area contributed by atoms with Crippen LogP contribution in [0, 0.1) is 5.41 Å². The molecule has 1 unspecified atom stereocenters. The number of thioether (sulfide) groups is 1. The third kappa shape index (κ3) is 6.82. The Morgan fingerprint density at radius 3 is 2.35 bits per heavy atom. The van der Waals surface area contributed by atoms with Crippen LogP contribution in [0.1, 0.15) is 61.3 Å². The molecule has 0 bridgehead atoms. The monoisotopic (exact) mass is 300 g/mol. The maximum absolute atomic E-state index is 3.73. The summed E-state index contributed by atoms with van der Waals surface area (Å²) < 4.78 is 0.419. The van der Waals surface area contributed by atoms with Gasteiger partial charge < -0.3 is 10.2 Å². The van der Waals surface area contributed by atoms with Gasteiger partial charge in [0, 0.05) is 42.2 Å². The highest BCUT2D eigenvalue weighted by molar-refractivity contribution is 8.00. The van der Waals surface area contributed by atoms with E-state index in [4.69, 9.17) is 0 Å². The molecule has 0 spiro atoms. The van der Waals surface area contributed by atoms with Crippen molar-refractivity contribution in [2.75, 3.05) is 31.9 Å². The first-order valence-electron chi connectivity index (χ1n) is 8.17. The van der Waals surface area contributed by atoms with Crippen molar-refractivity contribution < 1.29 is 0 Å². The van der Waals surface area contributed by atoms with E-state index in [1.807, 2.05) is 0 Å². The molecular formula is C17H36N2S. The van der Waals surface area contributed by atoms with Gasteiger partial charge in [-0.3, -0.25) is 0 Å². The average Bonchev–Trinajstić information content (AvgIpc) is 2.24. The number of nitrogens with one attached hydrogen (secondary N) is 1. The van der Waals surface area contributed by atoms with Crippen molar-refractivity contribution in [3.8, 4) is 0 Å². The van der Waals surface area contributed by atoms with E-state index >= 15 is 0 Å². The highest BCUT2D eigenvalue weighted by Gasteiger charge is 2.33. The Balaban J connectivity index is 2.60. The second-order valence-corrected chi connectivity index (χ2v) is 10.3. The van der Waals surface area contributed by atoms with Gasteiger partial charge in [0.1, 0.15) is 0 Å². The maximum atomic E-state index is 3.73. The van der Waals surface area contributed by atoms with Gasteiger partial charge in [0.05, 0.1) is 0 Å². The van der Waals surface area contributed by atoms with Gasteiger partial charge in [-0.25, -0.2) is 0 Å². The van der Waals surface area contributed by atoms with Crippen molar-refractivity contribution in [2.24, 2.45) is 5.41 Å². The molecule has 2 nitrogen and oxygen atoms in total. The molecule has 0 amide bonds. The van der Waals surface area contributed by atoms with Gasteiger partial charge in [-0.1, -0.05) is 20.3 Å². The van der Waals surface area contributed by atoms with Crippen molar-refractivity contribution >= 4 is 11.8 Å². The van der Waals surface area contributed by atoms with Crippen molar-refractivity contribution in [2.45, 2.75) is 71.6 Å². The highest BCUT2D eigenvalue weighted by Crippen LogP contribution is 2.32. The second kappa shape index (κ2) is 7.02. The number of nitrogens with zero attached hydrogens (tertiary/aromatic N) is 1. The molecule has 1 aliphatic rings. The third-order valence-electron chi connectivity index (χ3n) is 4.01. The summed E-state index contributed by atoms with van der Waals surface area (Å²) >= 11 is 2.12. The van der Waals surface area contributed by atoms with E-state index < -0.39 is 0 Å². The molecule has 1 N–H and O–H groups in total. The van der Waals surface area contributed by atoms with E-state index in [2.05, 4.69) is 70.4 Å². The number of hydrogen-bond donors (Lipinski definition) is 1. The minimum absolute atomic E-state index is 0.214. The van der Waals surface area contributed by atoms with Crippen LogP contribution in [0.3, 0.4) is 0 Å². The first-order valence-corrected chi connectivity index (χ1v) is 9.15. The predicted octanol–water partition coefficient (Wildman–Crippen LogP) is 4.01. The molecule has 1 aliphatic heterocycles. The zero-order valence-electron chi connectivity index (χ0n) is 14.8. The molecule has 1 atom stereocenters. The summed E-state index contributed by atoms with van der Waals surface area (Å²) in [5.41, 5.74) is 0.603. The maximum Gasteiger partial charge on any atom is 0.0231 e. The van der Waals surface area contributed by atoms with Crippen molar-refractivity contribution in [3.63, 3.8) is 0 Å². The number of hydrogen-bond acceptors (Lipinski definition) is 3. The molecule has 1 rings (SSSR count). The third-order valence-corrected chi connectivity index (χ3v) is 5.31. The topological polar surface area (TPSA) is 15.3 Å². The molecule has 3 heteroatoms. The molecule has 0 aromatic carbocycles. The summed E-state index contributed by atoms with van der Waals surface area (Å²) in [6.45, 7) is 21.2. The van der Waals surface area contributed by atoms with Gasteiger partial charge in [0.2, 0.25) is 0 Å². The Hall–Kier alpha value is 0.270. The van der Waals surface area contributed by atoms with Gasteiger partial charge in [0.25, 0.3) is 0 Å². The van der Waals surface area contributed by atoms with Crippen LogP contribution < -0.4 is 5.32 Å². The summed E-state index contributed by atoms with van der Waals surface area (Å²) in [6.07, 6.45) is 2.58. The van der Waals surface area contributed by atoms with Crippen LogP contribution in [0.15, 0.2) is 0 Å². The normalized spacial score (nSPS) is 23.6. The molecule has 20 heavy (non-hydrogen) atoms. The molecule has 0 radical (unpaired) electrons. The van der Waals surface area contributed by atoms with Crippen LogP contribution in [0.2, 0.25) is 0 Å². The molecule has 120 valence electrons. The van der Waals surface area contributed by atoms with Gasteiger partial charge in [-0.2, -0.15) is 11.8 Å². The zero-order valence-corrected chi connectivity index (χ0v) is 15.6. The fourth-order valence-corrected chi connectivity index (χ4v) is 4.27. The lowest BCUT2D eigenvalue weighted by Gasteiger charge is -2.43. The smallest absolute Gasteiger partial charge is 0.0231 e. The molecule has 0 aromatic rings. The molecule has 0 aromatic heterocycles. The Labute approximate surface area is 131 Å². The molecular weight excluding hydrogens is 264 g/mol. The predicted molar refractivity (Wildman–Crippen MR) is 93.7 cm³/mol. The van der Waals surface area contributed by atoms with Gasteiger partial charge in [-0.15, -0.1) is 0 Å². The van der Waals surface area contributed by atoms with E-state index in [1.54, 1.807) is 0 Å². The summed E-state index contributed by atoms with van der Waals surface area (Å²) in [6, 6.07) is 0. The highest BCUT2D eigenvalue weighted by atomic mass is 32.2. The van der Waals surface area contributed by atoms with Crippen LogP contribution in [-0.2, 0) is 0 Å². The van der Waals surface area contributed by atoms with Crippen molar-refractivity contribution in [1.82, 2.24) is 10.2 Å². The standard InChI is InChI=1S/C17H36N2S/c1-8-9-17(7,12-18-15(2,3)4)14-19-10-11-20-16(5,6)13-19/h18H,8-14H2,1-7H3. The quantitative estimate of drug-likeness (QED) is 0.798. The van der Waals surface area contributed by atoms with Gasteiger partial charge in [0.15, 0.2) is 0 Å². The van der Waals surface area contributed by atoms with E-state index in [9.17, 15) is 0 Å². The fourth-order valence-electron chi connectivity index (χ4n) is 3.09. The van der Waals surface area contributed by atoms with E-state index in [0.29, 0.717) is 10.2 Å². The Morgan fingerprint density at radius 2 is 1.85 bits per heavy atom. The van der Waals surface area contributed by atoms with E-state index in [1.165, 1.54) is 38.2 Å². The summed E-state index contributed by atoms with van der Waals surface area (Å²) in [7, 11) is 0. The molecule has 1 heterocycles. The minimum atomic E-state index is 0.214.